The first-order valence-corrected chi connectivity index (χ1v) is 23.2. The number of sulfonamides is 1. The molecule has 0 bridgehead atoms. The Bertz CT molecular complexity index is 1700. The average Bonchev–Trinajstić information content (AvgIpc) is 3.18. The molecule has 61 heavy (non-hydrogen) atoms. The van der Waals surface area contributed by atoms with Crippen LogP contribution in [0.5, 0.6) is 0 Å². The zero-order chi connectivity index (χ0) is 46.2. The molecule has 5 N–H and O–H groups in total. The molecule has 3 aliphatic heterocycles. The van der Waals surface area contributed by atoms with Gasteiger partial charge in [0.05, 0.1) is 52.5 Å². The highest BCUT2D eigenvalue weighted by Gasteiger charge is 2.53. The largest absolute Gasteiger partial charge is 0.459 e. The number of carbonyl (C=O) groups is 1. The van der Waals surface area contributed by atoms with Crippen LogP contribution in [0.1, 0.15) is 100 Å². The van der Waals surface area contributed by atoms with Crippen LogP contribution < -0.4 is 0 Å². The summed E-state index contributed by atoms with van der Waals surface area (Å²) in [6.45, 7) is 19.2. The molecule has 3 aliphatic rings. The molecule has 1 aromatic rings. The van der Waals surface area contributed by atoms with Gasteiger partial charge in [-0.3, -0.25) is 4.79 Å². The number of hydrogen-bond acceptors (Lipinski definition) is 15. The molecule has 3 fully saturated rings. The number of likely N-dealkylation sites (N-methyl/N-ethyl adjacent to an activating group) is 2. The van der Waals surface area contributed by atoms with Crippen LogP contribution in [0.4, 0.5) is 0 Å². The van der Waals surface area contributed by atoms with Gasteiger partial charge in [-0.2, -0.15) is 4.31 Å². The van der Waals surface area contributed by atoms with Gasteiger partial charge in [0.25, 0.3) is 0 Å². The van der Waals surface area contributed by atoms with E-state index < -0.39 is 118 Å². The number of hydrogen-bond donors (Lipinski definition) is 5. The maximum absolute atomic E-state index is 14.4. The van der Waals surface area contributed by atoms with Crippen LogP contribution in [-0.4, -0.2) is 167 Å². The lowest BCUT2D eigenvalue weighted by molar-refractivity contribution is -0.317. The Hall–Kier alpha value is -1.84. The number of benzene rings is 1. The summed E-state index contributed by atoms with van der Waals surface area (Å²) in [7, 11) is 0.609. The number of aryl methyl sites for hydroxylation is 1. The van der Waals surface area contributed by atoms with Crippen molar-refractivity contribution in [2.75, 3.05) is 27.7 Å². The number of esters is 1. The van der Waals surface area contributed by atoms with Crippen molar-refractivity contribution in [3.63, 3.8) is 0 Å². The lowest BCUT2D eigenvalue weighted by atomic mass is 9.77. The van der Waals surface area contributed by atoms with Crippen LogP contribution in [0.2, 0.25) is 0 Å². The van der Waals surface area contributed by atoms with Gasteiger partial charge in [0.15, 0.2) is 12.6 Å². The van der Waals surface area contributed by atoms with E-state index in [1.807, 2.05) is 18.7 Å². The van der Waals surface area contributed by atoms with E-state index in [-0.39, 0.29) is 36.5 Å². The molecule has 0 aliphatic carbocycles. The van der Waals surface area contributed by atoms with E-state index in [0.717, 1.165) is 9.87 Å². The van der Waals surface area contributed by atoms with Crippen LogP contribution in [-0.2, 0) is 43.2 Å². The number of rotatable bonds is 9. The summed E-state index contributed by atoms with van der Waals surface area (Å²) in [6.07, 6.45) is -10.7. The van der Waals surface area contributed by atoms with E-state index in [9.17, 15) is 38.7 Å². The molecule has 17 heteroatoms. The molecule has 0 spiro atoms. The highest BCUT2D eigenvalue weighted by atomic mass is 32.2. The zero-order valence-electron chi connectivity index (χ0n) is 38.7. The molecule has 1 aromatic carbocycles. The van der Waals surface area contributed by atoms with E-state index in [2.05, 4.69) is 0 Å². The van der Waals surface area contributed by atoms with Crippen LogP contribution in [0.25, 0.3) is 0 Å². The van der Waals surface area contributed by atoms with Gasteiger partial charge < -0.3 is 58.9 Å². The predicted molar refractivity (Wildman–Crippen MR) is 227 cm³/mol. The normalized spacial score (nSPS) is 44.3. The quantitative estimate of drug-likeness (QED) is 0.226. The summed E-state index contributed by atoms with van der Waals surface area (Å²) in [5, 5.41) is 59.1. The van der Waals surface area contributed by atoms with Crippen molar-refractivity contribution in [2.24, 2.45) is 17.8 Å². The Morgan fingerprint density at radius 2 is 1.54 bits per heavy atom. The van der Waals surface area contributed by atoms with Gasteiger partial charge in [-0.15, -0.1) is 0 Å². The number of aliphatic hydroxyl groups is 5. The molecular weight excluding hydrogens is 813 g/mol. The van der Waals surface area contributed by atoms with Crippen LogP contribution >= 0.6 is 0 Å². The Morgan fingerprint density at radius 1 is 0.934 bits per heavy atom. The number of cyclic esters (lactones) is 1. The summed E-state index contributed by atoms with van der Waals surface area (Å²) in [5.74, 6) is -3.03. The SMILES string of the molecule is CC[C@@H]1OC(=O)[C@H](C)[C@H](O[C@@H]2C[C@](C)(OC)[C@H](O)[C@H](C)O2)[C@@H](C)[C@H](O[C@@H]2O[C@H](C)C[C@H](N(C)S(=O)(=O)c3ccc(C)cc3)[C@@H]2O)[C@](C)(O)C[C@H](C)CN(C)[C@H](C)[C@@H](O)[C@@]1(C)O. The second-order valence-corrected chi connectivity index (χ2v) is 21.0. The molecular formula is C44H76N2O14S. The van der Waals surface area contributed by atoms with Gasteiger partial charge in [-0.1, -0.05) is 38.5 Å². The first-order chi connectivity index (χ1) is 28.1. The number of carbonyl (C=O) groups excluding carboxylic acids is 1. The van der Waals surface area contributed by atoms with E-state index >= 15 is 0 Å². The summed E-state index contributed by atoms with van der Waals surface area (Å²) in [4.78, 5) is 16.3. The summed E-state index contributed by atoms with van der Waals surface area (Å²) in [6, 6.07) is 4.84. The molecule has 0 aromatic heterocycles. The third kappa shape index (κ3) is 11.3. The minimum Gasteiger partial charge on any atom is -0.459 e. The first-order valence-electron chi connectivity index (χ1n) is 21.7. The Balaban J connectivity index is 1.83. The Morgan fingerprint density at radius 3 is 2.11 bits per heavy atom. The van der Waals surface area contributed by atoms with E-state index in [1.54, 1.807) is 74.6 Å². The maximum Gasteiger partial charge on any atom is 0.311 e. The van der Waals surface area contributed by atoms with Crippen molar-refractivity contribution in [1.82, 2.24) is 9.21 Å². The maximum atomic E-state index is 14.4. The first kappa shape index (κ1) is 51.8. The van der Waals surface area contributed by atoms with E-state index in [0.29, 0.717) is 6.54 Å². The van der Waals surface area contributed by atoms with Gasteiger partial charge in [0.1, 0.15) is 30.0 Å². The fourth-order valence-electron chi connectivity index (χ4n) is 9.64. The van der Waals surface area contributed by atoms with Crippen molar-refractivity contribution in [3.05, 3.63) is 29.8 Å². The fourth-order valence-corrected chi connectivity index (χ4v) is 11.0. The molecule has 3 heterocycles. The van der Waals surface area contributed by atoms with Crippen molar-refractivity contribution in [2.45, 2.75) is 197 Å². The topological polar surface area (TPSA) is 214 Å². The average molecular weight is 889 g/mol. The zero-order valence-corrected chi connectivity index (χ0v) is 39.5. The van der Waals surface area contributed by atoms with Gasteiger partial charge >= 0.3 is 5.97 Å². The van der Waals surface area contributed by atoms with Gasteiger partial charge in [-0.05, 0) is 99.8 Å². The number of ether oxygens (including phenoxy) is 6. The molecule has 0 saturated carbocycles. The van der Waals surface area contributed by atoms with Gasteiger partial charge in [0, 0.05) is 39.1 Å². The lowest BCUT2D eigenvalue weighted by Crippen LogP contribution is -2.61. The standard InChI is InChI=1S/C44H76N2O14S/c1-15-33-44(11,52)37(48)29(7)45(12)23-25(3)21-42(9,51)39(27(5)36(28(6)40(50)58-33)59-34-22-43(10,55-14)38(49)30(8)57-34)60-41-35(47)32(20-26(4)56-41)46(13)61(53,54)31-18-16-24(2)17-19-31/h16-19,25-30,32-39,41,47-49,51-52H,15,20-23H2,1-14H3/t25-,26+,27+,28+,29+,30-,32-,33-,34+,35-,36+,37+,38+,39-,41-,42+,43-,44-/m0/s1. The molecule has 4 rings (SSSR count). The minimum absolute atomic E-state index is 0.0626. The van der Waals surface area contributed by atoms with Gasteiger partial charge in [0.2, 0.25) is 10.0 Å². The summed E-state index contributed by atoms with van der Waals surface area (Å²) < 4.78 is 66.6. The third-order valence-corrected chi connectivity index (χ3v) is 15.6. The second kappa shape index (κ2) is 20.1. The van der Waals surface area contributed by atoms with Crippen molar-refractivity contribution >= 4 is 16.0 Å². The predicted octanol–water partition coefficient (Wildman–Crippen LogP) is 2.97. The number of aliphatic hydroxyl groups excluding tert-OH is 3. The van der Waals surface area contributed by atoms with Crippen LogP contribution in [0, 0.1) is 24.7 Å². The third-order valence-electron chi connectivity index (χ3n) is 13.7. The minimum atomic E-state index is -4.07. The summed E-state index contributed by atoms with van der Waals surface area (Å²) in [5.41, 5.74) is -3.78. The van der Waals surface area contributed by atoms with Crippen LogP contribution in [0.3, 0.4) is 0 Å². The Labute approximate surface area is 363 Å². The molecule has 0 unspecified atom stereocenters. The monoisotopic (exact) mass is 889 g/mol. The lowest BCUT2D eigenvalue weighted by Gasteiger charge is -2.48. The number of nitrogens with zero attached hydrogens (tertiary/aromatic N) is 2. The van der Waals surface area contributed by atoms with E-state index in [4.69, 9.17) is 28.4 Å². The highest BCUT2D eigenvalue weighted by molar-refractivity contribution is 7.89. The van der Waals surface area contributed by atoms with Crippen LogP contribution in [0.15, 0.2) is 29.2 Å². The van der Waals surface area contributed by atoms with Crippen molar-refractivity contribution < 1.29 is 67.2 Å². The molecule has 18 atom stereocenters. The molecule has 16 nitrogen and oxygen atoms in total. The molecule has 0 radical (unpaired) electrons. The van der Waals surface area contributed by atoms with E-state index in [1.165, 1.54) is 33.2 Å². The smallest absolute Gasteiger partial charge is 0.311 e. The molecule has 0 amide bonds. The highest BCUT2D eigenvalue weighted by Crippen LogP contribution is 2.40. The van der Waals surface area contributed by atoms with Crippen molar-refractivity contribution in [3.8, 4) is 0 Å². The summed E-state index contributed by atoms with van der Waals surface area (Å²) >= 11 is 0. The second-order valence-electron chi connectivity index (χ2n) is 19.0. The fraction of sp³-hybridized carbons (Fsp3) is 0.841. The molecule has 352 valence electrons. The van der Waals surface area contributed by atoms with Gasteiger partial charge in [-0.25, -0.2) is 8.42 Å². The molecule has 3 saturated heterocycles. The number of methoxy groups -OCH3 is 1. The van der Waals surface area contributed by atoms with Crippen molar-refractivity contribution in [1.29, 1.82) is 0 Å². The Kier molecular flexibility index (Phi) is 17.1.